The number of rotatable bonds is 7. The SMILES string of the molecule is c1ccc(C2=NC(c3cccc4oc5ccc(-c6ccc(-c7ccc(-c8ccccc8)cc7)cc6)cc5c34)CN=C(c3cccc(-c4ccccc4)c3)N2)cc1. The molecule has 1 aliphatic heterocycles. The van der Waals surface area contributed by atoms with Gasteiger partial charge in [0.25, 0.3) is 0 Å². The summed E-state index contributed by atoms with van der Waals surface area (Å²) in [5, 5.41) is 5.79. The van der Waals surface area contributed by atoms with E-state index < -0.39 is 0 Å². The van der Waals surface area contributed by atoms with E-state index in [9.17, 15) is 0 Å². The molecule has 0 fully saturated rings. The first-order valence-corrected chi connectivity index (χ1v) is 19.1. The van der Waals surface area contributed by atoms with Gasteiger partial charge in [0.1, 0.15) is 22.8 Å². The molecule has 4 nitrogen and oxygen atoms in total. The van der Waals surface area contributed by atoms with Crippen LogP contribution in [-0.4, -0.2) is 18.2 Å². The van der Waals surface area contributed by atoms with Crippen molar-refractivity contribution < 1.29 is 4.42 Å². The van der Waals surface area contributed by atoms with Gasteiger partial charge in [0, 0.05) is 21.9 Å². The highest BCUT2D eigenvalue weighted by molar-refractivity contribution is 6.16. The Balaban J connectivity index is 1.01. The van der Waals surface area contributed by atoms with Crippen molar-refractivity contribution >= 4 is 33.6 Å². The molecule has 0 saturated heterocycles. The predicted octanol–water partition coefficient (Wildman–Crippen LogP) is 12.8. The average Bonchev–Trinajstić information content (AvgIpc) is 3.51. The van der Waals surface area contributed by atoms with E-state index in [1.807, 2.05) is 24.3 Å². The quantitative estimate of drug-likeness (QED) is 0.178. The fourth-order valence-corrected chi connectivity index (χ4v) is 7.76. The molecule has 4 heteroatoms. The minimum Gasteiger partial charge on any atom is -0.456 e. The van der Waals surface area contributed by atoms with Crippen molar-refractivity contribution in [1.29, 1.82) is 0 Å². The molecular formula is C52H37N3O. The number of fused-ring (bicyclic) bond motifs is 3. The Morgan fingerprint density at radius 3 is 1.52 bits per heavy atom. The second-order valence-corrected chi connectivity index (χ2v) is 14.2. The van der Waals surface area contributed by atoms with Gasteiger partial charge in [-0.3, -0.25) is 9.98 Å². The van der Waals surface area contributed by atoms with Crippen molar-refractivity contribution in [2.24, 2.45) is 9.98 Å². The third-order valence-corrected chi connectivity index (χ3v) is 10.7. The van der Waals surface area contributed by atoms with Gasteiger partial charge in [-0.2, -0.15) is 0 Å². The van der Waals surface area contributed by atoms with Gasteiger partial charge in [0.15, 0.2) is 0 Å². The lowest BCUT2D eigenvalue weighted by molar-refractivity contribution is 0.667. The molecule has 0 amide bonds. The van der Waals surface area contributed by atoms with E-state index in [4.69, 9.17) is 14.4 Å². The Kier molecular flexibility index (Phi) is 8.62. The van der Waals surface area contributed by atoms with E-state index in [-0.39, 0.29) is 6.04 Å². The molecule has 1 unspecified atom stereocenters. The first kappa shape index (κ1) is 33.3. The summed E-state index contributed by atoms with van der Waals surface area (Å²) in [5.41, 5.74) is 14.2. The zero-order chi connectivity index (χ0) is 37.3. The van der Waals surface area contributed by atoms with Gasteiger partial charge >= 0.3 is 0 Å². The van der Waals surface area contributed by atoms with Crippen molar-refractivity contribution in [3.05, 3.63) is 217 Å². The van der Waals surface area contributed by atoms with E-state index in [1.54, 1.807) is 0 Å². The maximum atomic E-state index is 6.48. The van der Waals surface area contributed by atoms with Crippen LogP contribution in [0.2, 0.25) is 0 Å². The Morgan fingerprint density at radius 1 is 0.393 bits per heavy atom. The Labute approximate surface area is 326 Å². The standard InChI is InChI=1S/C52H37N3O/c1-4-12-35(13-5-1)37-22-24-38(25-23-37)39-26-28-40(29-27-39)43-30-31-48-46(33-43)50-45(20-11-21-49(50)56-48)47-34-53-51(55-52(54-47)41-16-8-3-9-17-41)44-19-10-18-42(32-44)36-14-6-2-7-15-36/h1-33,47H,34H2,(H,53,54,55). The summed E-state index contributed by atoms with van der Waals surface area (Å²) < 4.78 is 6.48. The van der Waals surface area contributed by atoms with Crippen LogP contribution in [-0.2, 0) is 0 Å². The largest absolute Gasteiger partial charge is 0.456 e. The highest BCUT2D eigenvalue weighted by Crippen LogP contribution is 2.38. The number of benzene rings is 8. The molecule has 1 aliphatic rings. The van der Waals surface area contributed by atoms with Crippen LogP contribution in [0.4, 0.5) is 0 Å². The fourth-order valence-electron chi connectivity index (χ4n) is 7.76. The summed E-state index contributed by atoms with van der Waals surface area (Å²) in [6, 6.07) is 70.0. The minimum atomic E-state index is -0.242. The molecule has 2 heterocycles. The lowest BCUT2D eigenvalue weighted by atomic mass is 9.96. The zero-order valence-corrected chi connectivity index (χ0v) is 30.6. The molecule has 9 aromatic rings. The normalized spacial score (nSPS) is 14.2. The molecule has 0 radical (unpaired) electrons. The summed E-state index contributed by atoms with van der Waals surface area (Å²) in [5.74, 6) is 1.59. The molecule has 0 bridgehead atoms. The van der Waals surface area contributed by atoms with Crippen LogP contribution in [0.1, 0.15) is 22.7 Å². The average molecular weight is 720 g/mol. The summed E-state index contributed by atoms with van der Waals surface area (Å²) in [4.78, 5) is 10.6. The Bertz CT molecular complexity index is 2880. The van der Waals surface area contributed by atoms with Gasteiger partial charge in [-0.1, -0.05) is 176 Å². The second kappa shape index (κ2) is 14.5. The monoisotopic (exact) mass is 719 g/mol. The first-order valence-electron chi connectivity index (χ1n) is 19.1. The molecule has 0 aliphatic carbocycles. The molecule has 56 heavy (non-hydrogen) atoms. The molecule has 10 rings (SSSR count). The summed E-state index contributed by atoms with van der Waals surface area (Å²) in [7, 11) is 0. The molecule has 266 valence electrons. The fraction of sp³-hybridized carbons (Fsp3) is 0.0385. The lowest BCUT2D eigenvalue weighted by Gasteiger charge is -2.14. The van der Waals surface area contributed by atoms with Crippen molar-refractivity contribution in [2.45, 2.75) is 6.04 Å². The number of aliphatic imine (C=N–C) groups is 2. The highest BCUT2D eigenvalue weighted by Gasteiger charge is 2.23. The number of hydrogen-bond acceptors (Lipinski definition) is 4. The number of nitrogens with one attached hydrogen (secondary N) is 1. The topological polar surface area (TPSA) is 49.9 Å². The van der Waals surface area contributed by atoms with E-state index in [0.29, 0.717) is 6.54 Å². The summed E-state index contributed by atoms with van der Waals surface area (Å²) in [6.45, 7) is 0.480. The van der Waals surface area contributed by atoms with E-state index >= 15 is 0 Å². The molecule has 0 saturated carbocycles. The maximum absolute atomic E-state index is 6.48. The molecule has 1 N–H and O–H groups in total. The Hall–Kier alpha value is -7.30. The number of hydrogen-bond donors (Lipinski definition) is 1. The van der Waals surface area contributed by atoms with Gasteiger partial charge in [-0.25, -0.2) is 0 Å². The van der Waals surface area contributed by atoms with Gasteiger partial charge < -0.3 is 9.73 Å². The van der Waals surface area contributed by atoms with Crippen LogP contribution in [0.15, 0.2) is 215 Å². The molecule has 1 aromatic heterocycles. The van der Waals surface area contributed by atoms with E-state index in [0.717, 1.165) is 67.0 Å². The third-order valence-electron chi connectivity index (χ3n) is 10.7. The van der Waals surface area contributed by atoms with Crippen molar-refractivity contribution in [2.75, 3.05) is 6.54 Å². The highest BCUT2D eigenvalue weighted by atomic mass is 16.3. The number of amidine groups is 2. The summed E-state index contributed by atoms with van der Waals surface area (Å²) >= 11 is 0. The van der Waals surface area contributed by atoms with Gasteiger partial charge in [-0.05, 0) is 74.3 Å². The first-order chi connectivity index (χ1) is 27.7. The zero-order valence-electron chi connectivity index (χ0n) is 30.6. The van der Waals surface area contributed by atoms with E-state index in [1.165, 1.54) is 27.8 Å². The van der Waals surface area contributed by atoms with Crippen LogP contribution >= 0.6 is 0 Å². The lowest BCUT2D eigenvalue weighted by Crippen LogP contribution is -2.31. The molecule has 8 aromatic carbocycles. The van der Waals surface area contributed by atoms with Crippen LogP contribution in [0, 0.1) is 0 Å². The minimum absolute atomic E-state index is 0.242. The Morgan fingerprint density at radius 2 is 0.875 bits per heavy atom. The van der Waals surface area contributed by atoms with Crippen LogP contribution < -0.4 is 5.32 Å². The van der Waals surface area contributed by atoms with Gasteiger partial charge in [0.05, 0.1) is 12.6 Å². The second-order valence-electron chi connectivity index (χ2n) is 14.2. The van der Waals surface area contributed by atoms with Crippen LogP contribution in [0.5, 0.6) is 0 Å². The molecule has 1 atom stereocenters. The van der Waals surface area contributed by atoms with E-state index in [2.05, 4.69) is 181 Å². The van der Waals surface area contributed by atoms with Crippen molar-refractivity contribution in [3.8, 4) is 44.5 Å². The van der Waals surface area contributed by atoms with Crippen LogP contribution in [0.3, 0.4) is 0 Å². The van der Waals surface area contributed by atoms with Gasteiger partial charge in [-0.15, -0.1) is 0 Å². The number of furan rings is 1. The van der Waals surface area contributed by atoms with Crippen LogP contribution in [0.25, 0.3) is 66.4 Å². The summed E-state index contributed by atoms with van der Waals surface area (Å²) in [6.07, 6.45) is 0. The van der Waals surface area contributed by atoms with Crippen molar-refractivity contribution in [3.63, 3.8) is 0 Å². The van der Waals surface area contributed by atoms with Gasteiger partial charge in [0.2, 0.25) is 0 Å². The maximum Gasteiger partial charge on any atom is 0.135 e. The predicted molar refractivity (Wildman–Crippen MR) is 232 cm³/mol. The molecular weight excluding hydrogens is 683 g/mol. The third kappa shape index (κ3) is 6.48. The number of nitrogens with zero attached hydrogens (tertiary/aromatic N) is 2. The van der Waals surface area contributed by atoms with Crippen molar-refractivity contribution in [1.82, 2.24) is 5.32 Å². The smallest absolute Gasteiger partial charge is 0.135 e. The molecule has 0 spiro atoms.